The number of aliphatic hydroxyl groups is 1. The molecule has 0 heterocycles. The topological polar surface area (TPSA) is 55.5 Å². The standard InChI is InChI=1S/C14H31NO2/c1-5-7-8-13(6-2)10-17-12(3)9-14(4,16)11-15/h12-13,16H,5-11,15H2,1-4H3. The van der Waals surface area contributed by atoms with Crippen molar-refractivity contribution in [2.75, 3.05) is 13.2 Å². The molecule has 3 atom stereocenters. The maximum atomic E-state index is 9.85. The van der Waals surface area contributed by atoms with Gasteiger partial charge in [0.05, 0.1) is 11.7 Å². The lowest BCUT2D eigenvalue weighted by molar-refractivity contribution is -0.0286. The minimum absolute atomic E-state index is 0.0734. The van der Waals surface area contributed by atoms with Crippen LogP contribution in [0.2, 0.25) is 0 Å². The Labute approximate surface area is 107 Å². The molecular weight excluding hydrogens is 214 g/mol. The molecule has 17 heavy (non-hydrogen) atoms. The van der Waals surface area contributed by atoms with Gasteiger partial charge in [-0.2, -0.15) is 0 Å². The summed E-state index contributed by atoms with van der Waals surface area (Å²) in [6.07, 6.45) is 5.61. The van der Waals surface area contributed by atoms with Crippen LogP contribution in [0.3, 0.4) is 0 Å². The SMILES string of the molecule is CCCCC(CC)COC(C)CC(C)(O)CN. The van der Waals surface area contributed by atoms with Gasteiger partial charge in [-0.1, -0.05) is 33.1 Å². The summed E-state index contributed by atoms with van der Waals surface area (Å²) in [6, 6.07) is 0. The zero-order chi connectivity index (χ0) is 13.3. The van der Waals surface area contributed by atoms with Crippen molar-refractivity contribution >= 4 is 0 Å². The largest absolute Gasteiger partial charge is 0.389 e. The maximum Gasteiger partial charge on any atom is 0.0765 e. The summed E-state index contributed by atoms with van der Waals surface area (Å²) in [5.41, 5.74) is 4.70. The fraction of sp³-hybridized carbons (Fsp3) is 1.00. The number of nitrogens with two attached hydrogens (primary N) is 1. The predicted octanol–water partition coefficient (Wildman–Crippen LogP) is 2.71. The second-order valence-corrected chi connectivity index (χ2v) is 5.47. The van der Waals surface area contributed by atoms with Gasteiger partial charge in [0, 0.05) is 19.6 Å². The lowest BCUT2D eigenvalue weighted by atomic mass is 9.98. The summed E-state index contributed by atoms with van der Waals surface area (Å²) in [7, 11) is 0. The molecule has 0 aliphatic heterocycles. The van der Waals surface area contributed by atoms with Crippen LogP contribution in [0.4, 0.5) is 0 Å². The van der Waals surface area contributed by atoms with E-state index in [1.807, 2.05) is 6.92 Å². The molecule has 3 heteroatoms. The van der Waals surface area contributed by atoms with E-state index in [1.54, 1.807) is 6.92 Å². The van der Waals surface area contributed by atoms with E-state index in [0.29, 0.717) is 12.3 Å². The Bertz CT molecular complexity index is 183. The molecule has 104 valence electrons. The highest BCUT2D eigenvalue weighted by Gasteiger charge is 2.22. The highest BCUT2D eigenvalue weighted by atomic mass is 16.5. The molecule has 3 nitrogen and oxygen atoms in total. The van der Waals surface area contributed by atoms with E-state index in [4.69, 9.17) is 10.5 Å². The van der Waals surface area contributed by atoms with Crippen LogP contribution in [0.15, 0.2) is 0 Å². The second kappa shape index (κ2) is 8.90. The summed E-state index contributed by atoms with van der Waals surface area (Å²) < 4.78 is 5.81. The van der Waals surface area contributed by atoms with Gasteiger partial charge in [0.15, 0.2) is 0 Å². The molecular formula is C14H31NO2. The molecule has 0 fully saturated rings. The average Bonchev–Trinajstić information content (AvgIpc) is 2.29. The first-order valence-corrected chi connectivity index (χ1v) is 6.99. The third kappa shape index (κ3) is 8.58. The highest BCUT2D eigenvalue weighted by Crippen LogP contribution is 2.17. The highest BCUT2D eigenvalue weighted by molar-refractivity contribution is 4.76. The molecule has 0 saturated heterocycles. The number of rotatable bonds is 10. The normalized spacial score (nSPS) is 18.7. The molecule has 0 rings (SSSR count). The Hall–Kier alpha value is -0.120. The minimum Gasteiger partial charge on any atom is -0.389 e. The first-order chi connectivity index (χ1) is 7.95. The lowest BCUT2D eigenvalue weighted by Gasteiger charge is -2.26. The first-order valence-electron chi connectivity index (χ1n) is 6.99. The third-order valence-corrected chi connectivity index (χ3v) is 3.33. The van der Waals surface area contributed by atoms with Gasteiger partial charge in [-0.05, 0) is 26.2 Å². The molecule has 3 unspecified atom stereocenters. The summed E-state index contributed by atoms with van der Waals surface area (Å²) in [5.74, 6) is 0.653. The van der Waals surface area contributed by atoms with Crippen LogP contribution in [0.1, 0.15) is 59.8 Å². The molecule has 0 spiro atoms. The molecule has 0 amide bonds. The van der Waals surface area contributed by atoms with Gasteiger partial charge in [-0.3, -0.25) is 0 Å². The van der Waals surface area contributed by atoms with Crippen molar-refractivity contribution in [1.82, 2.24) is 0 Å². The number of unbranched alkanes of at least 4 members (excludes halogenated alkanes) is 1. The zero-order valence-corrected chi connectivity index (χ0v) is 12.0. The Kier molecular flexibility index (Phi) is 8.83. The van der Waals surface area contributed by atoms with Crippen molar-refractivity contribution in [2.24, 2.45) is 11.7 Å². The van der Waals surface area contributed by atoms with Crippen LogP contribution in [0.25, 0.3) is 0 Å². The predicted molar refractivity (Wildman–Crippen MR) is 73.0 cm³/mol. The summed E-state index contributed by atoms with van der Waals surface area (Å²) in [4.78, 5) is 0. The van der Waals surface area contributed by atoms with Crippen molar-refractivity contribution in [2.45, 2.75) is 71.5 Å². The quantitative estimate of drug-likeness (QED) is 0.622. The van der Waals surface area contributed by atoms with Crippen LogP contribution in [-0.4, -0.2) is 30.0 Å². The average molecular weight is 245 g/mol. The van der Waals surface area contributed by atoms with Crippen molar-refractivity contribution in [3.63, 3.8) is 0 Å². The monoisotopic (exact) mass is 245 g/mol. The van der Waals surface area contributed by atoms with Gasteiger partial charge >= 0.3 is 0 Å². The Morgan fingerprint density at radius 1 is 1.35 bits per heavy atom. The van der Waals surface area contributed by atoms with Gasteiger partial charge in [0.2, 0.25) is 0 Å². The fourth-order valence-corrected chi connectivity index (χ4v) is 1.96. The molecule has 0 saturated carbocycles. The van der Waals surface area contributed by atoms with Crippen molar-refractivity contribution in [3.8, 4) is 0 Å². The van der Waals surface area contributed by atoms with Crippen LogP contribution in [0.5, 0.6) is 0 Å². The molecule has 0 aromatic rings. The van der Waals surface area contributed by atoms with Crippen molar-refractivity contribution in [3.05, 3.63) is 0 Å². The summed E-state index contributed by atoms with van der Waals surface area (Å²) in [6.45, 7) is 9.29. The van der Waals surface area contributed by atoms with Gasteiger partial charge in [-0.25, -0.2) is 0 Å². The van der Waals surface area contributed by atoms with E-state index in [2.05, 4.69) is 13.8 Å². The molecule has 3 N–H and O–H groups in total. The van der Waals surface area contributed by atoms with Crippen molar-refractivity contribution in [1.29, 1.82) is 0 Å². The van der Waals surface area contributed by atoms with Gasteiger partial charge in [0.1, 0.15) is 0 Å². The molecule has 0 aliphatic rings. The van der Waals surface area contributed by atoms with Crippen LogP contribution < -0.4 is 5.73 Å². The third-order valence-electron chi connectivity index (χ3n) is 3.33. The van der Waals surface area contributed by atoms with Gasteiger partial charge in [0.25, 0.3) is 0 Å². The van der Waals surface area contributed by atoms with E-state index in [9.17, 15) is 5.11 Å². The molecule has 0 bridgehead atoms. The maximum absolute atomic E-state index is 9.85. The van der Waals surface area contributed by atoms with Gasteiger partial charge < -0.3 is 15.6 Å². The molecule has 0 aromatic carbocycles. The first kappa shape index (κ1) is 16.9. The van der Waals surface area contributed by atoms with E-state index in [0.717, 1.165) is 6.61 Å². The Morgan fingerprint density at radius 2 is 2.00 bits per heavy atom. The summed E-state index contributed by atoms with van der Waals surface area (Å²) >= 11 is 0. The Morgan fingerprint density at radius 3 is 2.47 bits per heavy atom. The van der Waals surface area contributed by atoms with E-state index >= 15 is 0 Å². The van der Waals surface area contributed by atoms with E-state index in [1.165, 1.54) is 25.7 Å². The molecule has 0 radical (unpaired) electrons. The van der Waals surface area contributed by atoms with Crippen LogP contribution in [0, 0.1) is 5.92 Å². The zero-order valence-electron chi connectivity index (χ0n) is 12.0. The number of hydrogen-bond donors (Lipinski definition) is 2. The van der Waals surface area contributed by atoms with Crippen LogP contribution >= 0.6 is 0 Å². The summed E-state index contributed by atoms with van der Waals surface area (Å²) in [5, 5.41) is 9.85. The number of ether oxygens (including phenoxy) is 1. The van der Waals surface area contributed by atoms with E-state index in [-0.39, 0.29) is 12.6 Å². The van der Waals surface area contributed by atoms with Crippen molar-refractivity contribution < 1.29 is 9.84 Å². The van der Waals surface area contributed by atoms with E-state index < -0.39 is 5.60 Å². The Balaban J connectivity index is 3.84. The molecule has 0 aromatic heterocycles. The number of hydrogen-bond acceptors (Lipinski definition) is 3. The molecule has 0 aliphatic carbocycles. The minimum atomic E-state index is -0.801. The van der Waals surface area contributed by atoms with Gasteiger partial charge in [-0.15, -0.1) is 0 Å². The lowest BCUT2D eigenvalue weighted by Crippen LogP contribution is -2.38. The smallest absolute Gasteiger partial charge is 0.0765 e. The second-order valence-electron chi connectivity index (χ2n) is 5.47. The fourth-order valence-electron chi connectivity index (χ4n) is 1.96. The van der Waals surface area contributed by atoms with Crippen LogP contribution in [-0.2, 0) is 4.74 Å².